The van der Waals surface area contributed by atoms with E-state index in [0.29, 0.717) is 13.2 Å². The average Bonchev–Trinajstić information content (AvgIpc) is 2.84. The van der Waals surface area contributed by atoms with Gasteiger partial charge in [0.2, 0.25) is 5.91 Å². The van der Waals surface area contributed by atoms with Crippen molar-refractivity contribution < 1.29 is 19.1 Å². The number of aryl methyl sites for hydroxylation is 2. The monoisotopic (exact) mass is 494 g/mol. The molecule has 194 valence electrons. The van der Waals surface area contributed by atoms with Gasteiger partial charge in [-0.05, 0) is 82.4 Å². The Labute approximate surface area is 213 Å². The number of nitrogens with one attached hydrogen (secondary N) is 2. The first-order valence-electron chi connectivity index (χ1n) is 12.7. The molecule has 3 amide bonds. The van der Waals surface area contributed by atoms with E-state index in [0.717, 1.165) is 71.8 Å². The van der Waals surface area contributed by atoms with Crippen molar-refractivity contribution in [2.45, 2.75) is 52.1 Å². The minimum atomic E-state index is -0.0769. The highest BCUT2D eigenvalue weighted by Crippen LogP contribution is 2.36. The first kappa shape index (κ1) is 25.8. The van der Waals surface area contributed by atoms with Gasteiger partial charge in [-0.15, -0.1) is 0 Å². The Kier molecular flexibility index (Phi) is 8.04. The van der Waals surface area contributed by atoms with Crippen LogP contribution in [0.4, 0.5) is 16.2 Å². The molecule has 1 aliphatic carbocycles. The Balaban J connectivity index is 1.34. The molecule has 1 heterocycles. The molecule has 4 rings (SSSR count). The van der Waals surface area contributed by atoms with Crippen LogP contribution < -0.4 is 20.1 Å². The van der Waals surface area contributed by atoms with Gasteiger partial charge in [0.25, 0.3) is 0 Å². The smallest absolute Gasteiger partial charge is 0.322 e. The van der Waals surface area contributed by atoms with Gasteiger partial charge in [0.1, 0.15) is 18.1 Å². The van der Waals surface area contributed by atoms with E-state index < -0.39 is 0 Å². The molecule has 0 spiro atoms. The van der Waals surface area contributed by atoms with E-state index >= 15 is 0 Å². The fourth-order valence-corrected chi connectivity index (χ4v) is 5.05. The van der Waals surface area contributed by atoms with Gasteiger partial charge in [0, 0.05) is 36.3 Å². The number of amides is 3. The van der Waals surface area contributed by atoms with Gasteiger partial charge in [-0.25, -0.2) is 4.79 Å². The maximum atomic E-state index is 13.0. The van der Waals surface area contributed by atoms with Crippen molar-refractivity contribution in [2.24, 2.45) is 5.92 Å². The van der Waals surface area contributed by atoms with Crippen LogP contribution in [0.3, 0.4) is 0 Å². The number of urea groups is 1. The summed E-state index contributed by atoms with van der Waals surface area (Å²) >= 11 is 0. The number of ether oxygens (including phenoxy) is 2. The molecule has 0 radical (unpaired) electrons. The zero-order chi connectivity index (χ0) is 25.8. The van der Waals surface area contributed by atoms with Gasteiger partial charge < -0.3 is 29.9 Å². The molecule has 0 saturated heterocycles. The number of hydrogen-bond acceptors (Lipinski definition) is 5. The number of anilines is 2. The lowest BCUT2D eigenvalue weighted by Crippen LogP contribution is -2.47. The Morgan fingerprint density at radius 2 is 1.86 bits per heavy atom. The van der Waals surface area contributed by atoms with E-state index in [1.807, 2.05) is 56.3 Å². The summed E-state index contributed by atoms with van der Waals surface area (Å²) in [4.78, 5) is 29.9. The van der Waals surface area contributed by atoms with E-state index in [4.69, 9.17) is 9.47 Å². The van der Waals surface area contributed by atoms with Crippen LogP contribution in [0.5, 0.6) is 11.5 Å². The van der Waals surface area contributed by atoms with Crippen LogP contribution in [0.25, 0.3) is 0 Å². The molecule has 2 N–H and O–H groups in total. The second-order valence-corrected chi connectivity index (χ2v) is 10.2. The number of hydrogen-bond donors (Lipinski definition) is 2. The van der Waals surface area contributed by atoms with E-state index in [2.05, 4.69) is 22.5 Å². The lowest BCUT2D eigenvalue weighted by Gasteiger charge is -2.39. The van der Waals surface area contributed by atoms with Gasteiger partial charge in [-0.1, -0.05) is 6.07 Å². The van der Waals surface area contributed by atoms with Crippen molar-refractivity contribution in [1.82, 2.24) is 9.80 Å². The van der Waals surface area contributed by atoms with Crippen LogP contribution in [0.15, 0.2) is 30.3 Å². The molecule has 1 aliphatic heterocycles. The second kappa shape index (κ2) is 11.2. The highest BCUT2D eigenvalue weighted by Gasteiger charge is 2.34. The van der Waals surface area contributed by atoms with Crippen LogP contribution in [0, 0.1) is 19.8 Å². The van der Waals surface area contributed by atoms with Gasteiger partial charge in [-0.2, -0.15) is 0 Å². The van der Waals surface area contributed by atoms with Crippen molar-refractivity contribution in [2.75, 3.05) is 45.0 Å². The molecular formula is C28H38N4O4. The minimum absolute atomic E-state index is 0.0328. The van der Waals surface area contributed by atoms with E-state index in [1.165, 1.54) is 0 Å². The molecule has 2 aromatic rings. The zero-order valence-corrected chi connectivity index (χ0v) is 22.0. The van der Waals surface area contributed by atoms with Gasteiger partial charge >= 0.3 is 6.03 Å². The third-order valence-electron chi connectivity index (χ3n) is 7.27. The number of nitrogens with zero attached hydrogens (tertiary/aromatic N) is 2. The van der Waals surface area contributed by atoms with Gasteiger partial charge in [-0.3, -0.25) is 4.79 Å². The summed E-state index contributed by atoms with van der Waals surface area (Å²) in [6, 6.07) is 9.72. The first-order chi connectivity index (χ1) is 17.2. The third kappa shape index (κ3) is 5.93. The number of methoxy groups -OCH3 is 1. The standard InChI is InChI=1S/C28H38N4O4/c1-18-6-9-21(15-26(18)35-5)29-27(33)20-7-10-22(11-8-20)32-17-24-19(2)14-23(36-13-12-31(3)4)16-25(24)30-28(32)34/h6,9,14-16,20,22H,7-8,10-13,17H2,1-5H3,(H,29,33)(H,30,34). The summed E-state index contributed by atoms with van der Waals surface area (Å²) < 4.78 is 11.3. The lowest BCUT2D eigenvalue weighted by atomic mass is 9.84. The summed E-state index contributed by atoms with van der Waals surface area (Å²) in [5, 5.41) is 6.11. The summed E-state index contributed by atoms with van der Waals surface area (Å²) in [5.74, 6) is 1.51. The van der Waals surface area contributed by atoms with E-state index in [9.17, 15) is 9.59 Å². The Morgan fingerprint density at radius 1 is 1.11 bits per heavy atom. The van der Waals surface area contributed by atoms with Crippen LogP contribution in [0.1, 0.15) is 42.4 Å². The number of carbonyl (C=O) groups is 2. The normalized spacial score (nSPS) is 19.5. The average molecular weight is 495 g/mol. The summed E-state index contributed by atoms with van der Waals surface area (Å²) in [6.07, 6.45) is 3.13. The summed E-state index contributed by atoms with van der Waals surface area (Å²) in [7, 11) is 5.65. The topological polar surface area (TPSA) is 83.1 Å². The number of likely N-dealkylation sites (N-methyl/N-ethyl adjacent to an activating group) is 1. The molecule has 2 aliphatic rings. The molecule has 0 atom stereocenters. The molecule has 0 bridgehead atoms. The Morgan fingerprint density at radius 3 is 2.56 bits per heavy atom. The molecule has 0 aromatic heterocycles. The van der Waals surface area contributed by atoms with Crippen molar-refractivity contribution in [3.63, 3.8) is 0 Å². The Hall–Kier alpha value is -3.26. The fraction of sp³-hybridized carbons (Fsp3) is 0.500. The molecule has 8 nitrogen and oxygen atoms in total. The van der Waals surface area contributed by atoms with Crippen molar-refractivity contribution in [3.8, 4) is 11.5 Å². The zero-order valence-electron chi connectivity index (χ0n) is 22.0. The highest BCUT2D eigenvalue weighted by molar-refractivity contribution is 5.94. The minimum Gasteiger partial charge on any atom is -0.496 e. The van der Waals surface area contributed by atoms with Crippen LogP contribution >= 0.6 is 0 Å². The number of fused-ring (bicyclic) bond motifs is 1. The van der Waals surface area contributed by atoms with Crippen molar-refractivity contribution in [3.05, 3.63) is 47.0 Å². The predicted molar refractivity (Wildman–Crippen MR) is 142 cm³/mol. The predicted octanol–water partition coefficient (Wildman–Crippen LogP) is 4.80. The molecule has 2 aromatic carbocycles. The van der Waals surface area contributed by atoms with Crippen LogP contribution in [0.2, 0.25) is 0 Å². The van der Waals surface area contributed by atoms with Crippen molar-refractivity contribution in [1.29, 1.82) is 0 Å². The lowest BCUT2D eigenvalue weighted by molar-refractivity contribution is -0.121. The second-order valence-electron chi connectivity index (χ2n) is 10.2. The van der Waals surface area contributed by atoms with Gasteiger partial charge in [0.05, 0.1) is 19.3 Å². The maximum absolute atomic E-state index is 13.0. The quantitative estimate of drug-likeness (QED) is 0.551. The van der Waals surface area contributed by atoms with E-state index in [1.54, 1.807) is 7.11 Å². The van der Waals surface area contributed by atoms with Gasteiger partial charge in [0.15, 0.2) is 0 Å². The molecule has 0 unspecified atom stereocenters. The van der Waals surface area contributed by atoms with Crippen LogP contribution in [-0.2, 0) is 11.3 Å². The maximum Gasteiger partial charge on any atom is 0.322 e. The summed E-state index contributed by atoms with van der Waals surface area (Å²) in [6.45, 7) is 6.04. The first-order valence-corrected chi connectivity index (χ1v) is 12.7. The molecule has 36 heavy (non-hydrogen) atoms. The molecule has 8 heteroatoms. The third-order valence-corrected chi connectivity index (χ3v) is 7.27. The molecular weight excluding hydrogens is 456 g/mol. The van der Waals surface area contributed by atoms with Crippen LogP contribution in [-0.4, -0.2) is 62.1 Å². The van der Waals surface area contributed by atoms with Crippen molar-refractivity contribution >= 4 is 23.3 Å². The molecule has 1 fully saturated rings. The van der Waals surface area contributed by atoms with E-state index in [-0.39, 0.29) is 23.9 Å². The summed E-state index contributed by atoms with van der Waals surface area (Å²) in [5.41, 5.74) is 4.84. The largest absolute Gasteiger partial charge is 0.496 e. The number of carbonyl (C=O) groups excluding carboxylic acids is 2. The molecule has 1 saturated carbocycles. The number of rotatable bonds is 8. The SMILES string of the molecule is COc1cc(NC(=O)C2CCC(N3Cc4c(C)cc(OCCN(C)C)cc4NC3=O)CC2)ccc1C. The number of benzene rings is 2. The fourth-order valence-electron chi connectivity index (χ4n) is 5.05. The Bertz CT molecular complexity index is 1110. The highest BCUT2D eigenvalue weighted by atomic mass is 16.5.